The maximum atomic E-state index is 11.7. The first kappa shape index (κ1) is 38.5. The number of aliphatic hydroxyl groups excluding tert-OH is 2. The molecule has 0 heterocycles. The van der Waals surface area contributed by atoms with Gasteiger partial charge in [-0.05, 0) is 0 Å². The molecule has 18 heteroatoms. The van der Waals surface area contributed by atoms with E-state index in [-0.39, 0.29) is 38.4 Å². The van der Waals surface area contributed by atoms with Crippen molar-refractivity contribution in [1.82, 2.24) is 0 Å². The van der Waals surface area contributed by atoms with Crippen molar-refractivity contribution in [3.63, 3.8) is 0 Å². The Bertz CT molecular complexity index is 513. The zero-order chi connectivity index (χ0) is 27.1. The molecule has 0 amide bonds. The van der Waals surface area contributed by atoms with Crippen molar-refractivity contribution in [2.24, 2.45) is 0 Å². The summed E-state index contributed by atoms with van der Waals surface area (Å²) in [6, 6.07) is 0. The lowest BCUT2D eigenvalue weighted by Crippen LogP contribution is -2.10. The molecule has 10 nitrogen and oxygen atoms in total. The first-order valence-corrected chi connectivity index (χ1v) is 20.1. The number of carbonyl (C=O) groups excluding carboxylic acids is 2. The first-order chi connectivity index (χ1) is 18.2. The molecule has 0 aromatic heterocycles. The van der Waals surface area contributed by atoms with Crippen LogP contribution in [0.1, 0.15) is 0 Å². The van der Waals surface area contributed by atoms with Crippen molar-refractivity contribution in [2.75, 3.05) is 100.0 Å². The lowest BCUT2D eigenvalue weighted by Gasteiger charge is -2.06. The number of esters is 2. The van der Waals surface area contributed by atoms with E-state index < -0.39 is 0 Å². The highest BCUT2D eigenvalue weighted by Crippen LogP contribution is 2.19. The highest BCUT2D eigenvalue weighted by molar-refractivity contribution is 8.23. The average Bonchev–Trinajstić information content (AvgIpc) is 2.90. The molecule has 0 aliphatic heterocycles. The van der Waals surface area contributed by atoms with Gasteiger partial charge >= 0.3 is 11.9 Å². The maximum absolute atomic E-state index is 11.7. The van der Waals surface area contributed by atoms with Crippen LogP contribution in [0.15, 0.2) is 0 Å². The van der Waals surface area contributed by atoms with Crippen molar-refractivity contribution in [1.29, 1.82) is 0 Å². The van der Waals surface area contributed by atoms with Gasteiger partial charge in [-0.3, -0.25) is 9.59 Å². The van der Waals surface area contributed by atoms with E-state index >= 15 is 0 Å². The fourth-order valence-corrected chi connectivity index (χ4v) is 9.12. The fourth-order valence-electron chi connectivity index (χ4n) is 1.62. The van der Waals surface area contributed by atoms with Crippen LogP contribution in [0.4, 0.5) is 0 Å². The average molecular weight is 681 g/mol. The molecule has 0 bridgehead atoms. The van der Waals surface area contributed by atoms with Crippen LogP contribution >= 0.6 is 94.1 Å². The van der Waals surface area contributed by atoms with Gasteiger partial charge in [-0.15, -0.1) is 94.1 Å². The number of thioether (sulfide) groups is 8. The summed E-state index contributed by atoms with van der Waals surface area (Å²) in [6.07, 6.45) is 0. The zero-order valence-corrected chi connectivity index (χ0v) is 27.0. The van der Waals surface area contributed by atoms with Gasteiger partial charge in [0.25, 0.3) is 0 Å². The third kappa shape index (κ3) is 33.6. The molecular weight excluding hydrogens is 645 g/mol. The molecular formula is C19H36O10S8. The topological polar surface area (TPSA) is 130 Å². The summed E-state index contributed by atoms with van der Waals surface area (Å²) >= 11 is 13.0. The standard InChI is InChI=1S/C19H36O10S8/c20-1-3-24-18(22)9-32-15-36-14-31-8-6-28-29-12-35-17-34-11-25-19(23)10-33-16-37-13-30-7-5-27-26-4-2-21/h20-21H,1-17H2. The van der Waals surface area contributed by atoms with Crippen LogP contribution in [-0.2, 0) is 38.6 Å². The minimum absolute atomic E-state index is 0.0504. The third-order valence-corrected chi connectivity index (χ3v) is 12.0. The van der Waals surface area contributed by atoms with E-state index in [1.807, 2.05) is 0 Å². The van der Waals surface area contributed by atoms with E-state index in [1.165, 1.54) is 35.3 Å². The summed E-state index contributed by atoms with van der Waals surface area (Å²) in [5.41, 5.74) is 0. The second-order valence-corrected chi connectivity index (χ2v) is 15.8. The Morgan fingerprint density at radius 2 is 0.973 bits per heavy atom. The molecule has 0 aromatic rings. The molecule has 0 radical (unpaired) electrons. The normalized spacial score (nSPS) is 11.1. The predicted octanol–water partition coefficient (Wildman–Crippen LogP) is 3.52. The van der Waals surface area contributed by atoms with Crippen LogP contribution in [0.2, 0.25) is 0 Å². The molecule has 0 aromatic carbocycles. The summed E-state index contributed by atoms with van der Waals surface area (Å²) in [5.74, 6) is 2.50. The molecule has 0 rings (SSSR count). The first-order valence-electron chi connectivity index (χ1n) is 10.8. The Kier molecular flexibility index (Phi) is 35.1. The summed E-state index contributed by atoms with van der Waals surface area (Å²) < 4.78 is 9.95. The molecule has 37 heavy (non-hydrogen) atoms. The molecule has 0 spiro atoms. The van der Waals surface area contributed by atoms with Gasteiger partial charge in [-0.1, -0.05) is 0 Å². The Morgan fingerprint density at radius 1 is 0.486 bits per heavy atom. The van der Waals surface area contributed by atoms with Gasteiger partial charge in [0, 0.05) is 36.9 Å². The molecule has 0 aliphatic carbocycles. The van der Waals surface area contributed by atoms with Crippen LogP contribution in [-0.4, -0.2) is 122 Å². The van der Waals surface area contributed by atoms with E-state index in [9.17, 15) is 9.59 Å². The quantitative estimate of drug-likeness (QED) is 0.0377. The molecule has 0 saturated heterocycles. The van der Waals surface area contributed by atoms with E-state index in [0.29, 0.717) is 36.6 Å². The van der Waals surface area contributed by atoms with Gasteiger partial charge in [0.1, 0.15) is 25.1 Å². The molecule has 2 N–H and O–H groups in total. The van der Waals surface area contributed by atoms with Crippen molar-refractivity contribution >= 4 is 106 Å². The van der Waals surface area contributed by atoms with Gasteiger partial charge < -0.3 is 19.7 Å². The maximum Gasteiger partial charge on any atom is 0.316 e. The third-order valence-electron chi connectivity index (χ3n) is 3.03. The highest BCUT2D eigenvalue weighted by atomic mass is 32.2. The van der Waals surface area contributed by atoms with Crippen molar-refractivity contribution in [3.8, 4) is 0 Å². The van der Waals surface area contributed by atoms with Crippen molar-refractivity contribution < 1.29 is 48.8 Å². The zero-order valence-electron chi connectivity index (χ0n) is 20.4. The van der Waals surface area contributed by atoms with Gasteiger partial charge in [0.15, 0.2) is 0 Å². The molecule has 0 aliphatic rings. The Labute approximate surface area is 253 Å². The molecule has 0 atom stereocenters. The summed E-state index contributed by atoms with van der Waals surface area (Å²) in [5, 5.41) is 21.3. The molecule has 220 valence electrons. The fraction of sp³-hybridized carbons (Fsp3) is 0.895. The Balaban J connectivity index is 3.17. The number of aliphatic hydroxyl groups is 2. The number of carbonyl (C=O) groups is 2. The van der Waals surface area contributed by atoms with Crippen LogP contribution in [0.25, 0.3) is 0 Å². The van der Waals surface area contributed by atoms with E-state index in [4.69, 9.17) is 39.2 Å². The molecule has 0 saturated carbocycles. The minimum Gasteiger partial charge on any atom is -0.463 e. The van der Waals surface area contributed by atoms with Gasteiger partial charge in [-0.25, -0.2) is 19.6 Å². The summed E-state index contributed by atoms with van der Waals surface area (Å²) in [7, 11) is 0. The van der Waals surface area contributed by atoms with Crippen molar-refractivity contribution in [2.45, 2.75) is 0 Å². The van der Waals surface area contributed by atoms with Gasteiger partial charge in [0.05, 0.1) is 37.9 Å². The Hall–Kier alpha value is 1.50. The van der Waals surface area contributed by atoms with E-state index in [0.717, 1.165) is 36.9 Å². The number of hydrogen-bond donors (Lipinski definition) is 2. The molecule has 0 unspecified atom stereocenters. The van der Waals surface area contributed by atoms with Crippen LogP contribution in [0.5, 0.6) is 0 Å². The summed E-state index contributed by atoms with van der Waals surface area (Å²) in [4.78, 5) is 42.7. The highest BCUT2D eigenvalue weighted by Gasteiger charge is 2.04. The second-order valence-electron chi connectivity index (χ2n) is 5.92. The Morgan fingerprint density at radius 3 is 1.59 bits per heavy atom. The lowest BCUT2D eigenvalue weighted by atomic mass is 10.7. The monoisotopic (exact) mass is 680 g/mol. The summed E-state index contributed by atoms with van der Waals surface area (Å²) in [6.45, 7) is 1.03. The number of hydrogen-bond acceptors (Lipinski definition) is 18. The minimum atomic E-state index is -0.299. The number of rotatable bonds is 30. The van der Waals surface area contributed by atoms with Gasteiger partial charge in [0.2, 0.25) is 0 Å². The number of ether oxygens (including phenoxy) is 2. The SMILES string of the molecule is O=C(CSCSCSCCOOCSCSCOC(=O)CSCSCSCCOOCCO)OCCO. The lowest BCUT2D eigenvalue weighted by molar-refractivity contribution is -0.293. The van der Waals surface area contributed by atoms with Crippen LogP contribution in [0.3, 0.4) is 0 Å². The van der Waals surface area contributed by atoms with Crippen molar-refractivity contribution in [3.05, 3.63) is 0 Å². The van der Waals surface area contributed by atoms with Gasteiger partial charge in [-0.2, -0.15) is 0 Å². The molecule has 0 fully saturated rings. The van der Waals surface area contributed by atoms with Crippen LogP contribution in [0, 0.1) is 0 Å². The second kappa shape index (κ2) is 33.7. The smallest absolute Gasteiger partial charge is 0.316 e. The predicted molar refractivity (Wildman–Crippen MR) is 164 cm³/mol. The van der Waals surface area contributed by atoms with E-state index in [1.54, 1.807) is 58.8 Å². The largest absolute Gasteiger partial charge is 0.463 e. The van der Waals surface area contributed by atoms with Crippen LogP contribution < -0.4 is 0 Å². The van der Waals surface area contributed by atoms with E-state index in [2.05, 4.69) is 0 Å².